The van der Waals surface area contributed by atoms with Crippen molar-refractivity contribution in [1.29, 1.82) is 0 Å². The molecule has 0 bridgehead atoms. The largest absolute Gasteiger partial charge is 0.392 e. The molecule has 0 radical (unpaired) electrons. The third-order valence-electron chi connectivity index (χ3n) is 2.89. The number of aromatic nitrogens is 4. The lowest BCUT2D eigenvalue weighted by molar-refractivity contribution is 0.109. The molecule has 1 atom stereocenters. The van der Waals surface area contributed by atoms with E-state index in [1.54, 1.807) is 7.05 Å². The van der Waals surface area contributed by atoms with Crippen molar-refractivity contribution >= 4 is 0 Å². The van der Waals surface area contributed by atoms with Crippen LogP contribution in [-0.2, 0) is 13.5 Å². The molecule has 5 heteroatoms. The molecule has 5 nitrogen and oxygen atoms in total. The standard InChI is InChI=1S/C9H16N4O/c1-13-11-9(10-12-13)6-8(14)7-4-2-3-5-7/h7-8,14H,2-6H2,1H3. The van der Waals surface area contributed by atoms with Gasteiger partial charge in [-0.05, 0) is 24.0 Å². The maximum Gasteiger partial charge on any atom is 0.177 e. The van der Waals surface area contributed by atoms with Crippen LogP contribution in [0.25, 0.3) is 0 Å². The highest BCUT2D eigenvalue weighted by atomic mass is 16.3. The van der Waals surface area contributed by atoms with Gasteiger partial charge in [0.2, 0.25) is 0 Å². The van der Waals surface area contributed by atoms with Gasteiger partial charge in [0, 0.05) is 6.42 Å². The van der Waals surface area contributed by atoms with Gasteiger partial charge in [0.25, 0.3) is 0 Å². The van der Waals surface area contributed by atoms with Crippen molar-refractivity contribution in [1.82, 2.24) is 20.2 Å². The topological polar surface area (TPSA) is 63.8 Å². The lowest BCUT2D eigenvalue weighted by Crippen LogP contribution is -2.21. The van der Waals surface area contributed by atoms with Gasteiger partial charge in [0.1, 0.15) is 0 Å². The van der Waals surface area contributed by atoms with E-state index in [9.17, 15) is 5.11 Å². The number of aliphatic hydroxyl groups is 1. The third kappa shape index (κ3) is 2.09. The molecule has 1 aromatic heterocycles. The minimum atomic E-state index is -0.290. The Hall–Kier alpha value is -0.970. The van der Waals surface area contributed by atoms with Gasteiger partial charge in [-0.1, -0.05) is 12.8 Å². The van der Waals surface area contributed by atoms with E-state index in [0.29, 0.717) is 18.2 Å². The number of aliphatic hydroxyl groups excluding tert-OH is 1. The van der Waals surface area contributed by atoms with E-state index < -0.39 is 0 Å². The van der Waals surface area contributed by atoms with Crippen LogP contribution in [0.2, 0.25) is 0 Å². The number of tetrazole rings is 1. The second-order valence-corrected chi connectivity index (χ2v) is 4.01. The maximum absolute atomic E-state index is 9.89. The lowest BCUT2D eigenvalue weighted by Gasteiger charge is -2.15. The van der Waals surface area contributed by atoms with Gasteiger partial charge in [-0.3, -0.25) is 0 Å². The van der Waals surface area contributed by atoms with Crippen molar-refractivity contribution < 1.29 is 5.11 Å². The second kappa shape index (κ2) is 4.04. The van der Waals surface area contributed by atoms with Crippen LogP contribution in [0.3, 0.4) is 0 Å². The Kier molecular flexibility index (Phi) is 2.77. The number of nitrogens with zero attached hydrogens (tertiary/aromatic N) is 4. The maximum atomic E-state index is 9.89. The van der Waals surface area contributed by atoms with Crippen LogP contribution in [0.1, 0.15) is 31.5 Å². The predicted octanol–water partition coefficient (Wildman–Crippen LogP) is 0.304. The molecular formula is C9H16N4O. The minimum absolute atomic E-state index is 0.290. The van der Waals surface area contributed by atoms with Crippen LogP contribution in [0.4, 0.5) is 0 Å². The van der Waals surface area contributed by atoms with Crippen LogP contribution in [-0.4, -0.2) is 31.4 Å². The minimum Gasteiger partial charge on any atom is -0.392 e. The number of aryl methyl sites for hydroxylation is 1. The molecule has 1 aliphatic carbocycles. The van der Waals surface area contributed by atoms with Crippen molar-refractivity contribution in [2.45, 2.75) is 38.2 Å². The molecule has 1 N–H and O–H groups in total. The smallest absolute Gasteiger partial charge is 0.177 e. The first-order valence-electron chi connectivity index (χ1n) is 5.16. The highest BCUT2D eigenvalue weighted by Gasteiger charge is 2.24. The fourth-order valence-electron chi connectivity index (χ4n) is 2.10. The monoisotopic (exact) mass is 196 g/mol. The zero-order valence-corrected chi connectivity index (χ0v) is 8.43. The van der Waals surface area contributed by atoms with E-state index in [2.05, 4.69) is 15.4 Å². The molecule has 78 valence electrons. The lowest BCUT2D eigenvalue weighted by atomic mass is 9.98. The molecule has 1 aromatic rings. The fraction of sp³-hybridized carbons (Fsp3) is 0.889. The number of hydrogen-bond donors (Lipinski definition) is 1. The zero-order valence-electron chi connectivity index (χ0n) is 8.43. The molecule has 0 aromatic carbocycles. The van der Waals surface area contributed by atoms with Gasteiger partial charge in [0.15, 0.2) is 5.82 Å². The third-order valence-corrected chi connectivity index (χ3v) is 2.89. The summed E-state index contributed by atoms with van der Waals surface area (Å²) in [7, 11) is 1.73. The van der Waals surface area contributed by atoms with E-state index in [1.807, 2.05) is 0 Å². The molecule has 1 heterocycles. The molecule has 0 amide bonds. The summed E-state index contributed by atoms with van der Waals surface area (Å²) in [4.78, 5) is 1.43. The molecule has 0 spiro atoms. The van der Waals surface area contributed by atoms with Crippen LogP contribution >= 0.6 is 0 Å². The van der Waals surface area contributed by atoms with Gasteiger partial charge in [-0.15, -0.1) is 10.2 Å². The molecule has 1 fully saturated rings. The highest BCUT2D eigenvalue weighted by Crippen LogP contribution is 2.28. The van der Waals surface area contributed by atoms with Crippen molar-refractivity contribution in [3.05, 3.63) is 5.82 Å². The summed E-state index contributed by atoms with van der Waals surface area (Å²) >= 11 is 0. The molecular weight excluding hydrogens is 180 g/mol. The summed E-state index contributed by atoms with van der Waals surface area (Å²) in [6.07, 6.45) is 5.02. The summed E-state index contributed by atoms with van der Waals surface area (Å²) in [5, 5.41) is 21.6. The quantitative estimate of drug-likeness (QED) is 0.755. The van der Waals surface area contributed by atoms with Gasteiger partial charge in [-0.2, -0.15) is 4.80 Å². The first-order chi connectivity index (χ1) is 6.75. The molecule has 2 rings (SSSR count). The van der Waals surface area contributed by atoms with Gasteiger partial charge < -0.3 is 5.11 Å². The van der Waals surface area contributed by atoms with Crippen LogP contribution in [0.5, 0.6) is 0 Å². The second-order valence-electron chi connectivity index (χ2n) is 4.01. The average molecular weight is 196 g/mol. The van der Waals surface area contributed by atoms with E-state index in [-0.39, 0.29) is 6.10 Å². The Morgan fingerprint density at radius 3 is 2.79 bits per heavy atom. The molecule has 1 aliphatic rings. The van der Waals surface area contributed by atoms with Gasteiger partial charge in [-0.25, -0.2) is 0 Å². The first-order valence-corrected chi connectivity index (χ1v) is 5.16. The Morgan fingerprint density at radius 1 is 1.50 bits per heavy atom. The van der Waals surface area contributed by atoms with Gasteiger partial charge in [0.05, 0.1) is 13.2 Å². The molecule has 0 aliphatic heterocycles. The zero-order chi connectivity index (χ0) is 9.97. The highest BCUT2D eigenvalue weighted by molar-refractivity contribution is 4.85. The number of rotatable bonds is 3. The first kappa shape index (κ1) is 9.58. The van der Waals surface area contributed by atoms with E-state index in [0.717, 1.165) is 12.8 Å². The summed E-state index contributed by atoms with van der Waals surface area (Å²) in [5.41, 5.74) is 0. The summed E-state index contributed by atoms with van der Waals surface area (Å²) in [5.74, 6) is 1.09. The average Bonchev–Trinajstić information content (AvgIpc) is 2.75. The van der Waals surface area contributed by atoms with Crippen LogP contribution in [0, 0.1) is 5.92 Å². The van der Waals surface area contributed by atoms with Crippen molar-refractivity contribution in [2.24, 2.45) is 13.0 Å². The van der Waals surface area contributed by atoms with E-state index >= 15 is 0 Å². The van der Waals surface area contributed by atoms with Crippen molar-refractivity contribution in [2.75, 3.05) is 0 Å². The number of hydrogen-bond acceptors (Lipinski definition) is 4. The Labute approximate surface area is 83.1 Å². The normalized spacial score (nSPS) is 20.1. The predicted molar refractivity (Wildman–Crippen MR) is 50.5 cm³/mol. The van der Waals surface area contributed by atoms with Crippen LogP contribution < -0.4 is 0 Å². The summed E-state index contributed by atoms with van der Waals surface area (Å²) < 4.78 is 0. The molecule has 1 unspecified atom stereocenters. The van der Waals surface area contributed by atoms with Gasteiger partial charge >= 0.3 is 0 Å². The molecule has 0 saturated heterocycles. The Balaban J connectivity index is 1.90. The Morgan fingerprint density at radius 2 is 2.21 bits per heavy atom. The SMILES string of the molecule is Cn1nnc(CC(O)C2CCCC2)n1. The molecule has 1 saturated carbocycles. The summed E-state index contributed by atoms with van der Waals surface area (Å²) in [6, 6.07) is 0. The van der Waals surface area contributed by atoms with Crippen molar-refractivity contribution in [3.8, 4) is 0 Å². The molecule has 14 heavy (non-hydrogen) atoms. The summed E-state index contributed by atoms with van der Waals surface area (Å²) in [6.45, 7) is 0. The van der Waals surface area contributed by atoms with Crippen molar-refractivity contribution in [3.63, 3.8) is 0 Å². The van der Waals surface area contributed by atoms with E-state index in [4.69, 9.17) is 0 Å². The fourth-order valence-corrected chi connectivity index (χ4v) is 2.10. The van der Waals surface area contributed by atoms with Crippen LogP contribution in [0.15, 0.2) is 0 Å². The van der Waals surface area contributed by atoms with E-state index in [1.165, 1.54) is 17.6 Å². The Bertz CT molecular complexity index is 293.